The first-order valence-electron chi connectivity index (χ1n) is 10.6. The summed E-state index contributed by atoms with van der Waals surface area (Å²) in [6.07, 6.45) is 3.28. The number of para-hydroxylation sites is 1. The lowest BCUT2D eigenvalue weighted by molar-refractivity contribution is -0.117. The summed E-state index contributed by atoms with van der Waals surface area (Å²) in [5.41, 5.74) is 3.06. The molecule has 1 aliphatic rings. The number of benzene rings is 2. The molecule has 0 saturated carbocycles. The number of anilines is 1. The van der Waals surface area contributed by atoms with Crippen molar-refractivity contribution in [1.29, 1.82) is 0 Å². The maximum absolute atomic E-state index is 11.9. The van der Waals surface area contributed by atoms with E-state index in [9.17, 15) is 4.79 Å². The third-order valence-electron chi connectivity index (χ3n) is 5.15. The van der Waals surface area contributed by atoms with Crippen molar-refractivity contribution in [3.63, 3.8) is 0 Å². The summed E-state index contributed by atoms with van der Waals surface area (Å²) in [5, 5.41) is 14.9. The zero-order chi connectivity index (χ0) is 21.5. The normalized spacial score (nSPS) is 13.7. The van der Waals surface area contributed by atoms with Gasteiger partial charge >= 0.3 is 0 Å². The lowest BCUT2D eigenvalue weighted by atomic mass is 10.2. The van der Waals surface area contributed by atoms with Crippen LogP contribution in [0.4, 0.5) is 5.69 Å². The van der Waals surface area contributed by atoms with Crippen LogP contribution in [0.3, 0.4) is 0 Å². The Kier molecular flexibility index (Phi) is 8.60. The van der Waals surface area contributed by atoms with Gasteiger partial charge in [-0.25, -0.2) is 4.99 Å². The van der Waals surface area contributed by atoms with Gasteiger partial charge in [-0.3, -0.25) is 9.36 Å². The first-order valence-corrected chi connectivity index (χ1v) is 10.6. The van der Waals surface area contributed by atoms with Gasteiger partial charge in [0.2, 0.25) is 5.91 Å². The van der Waals surface area contributed by atoms with Crippen LogP contribution in [0.2, 0.25) is 0 Å². The third-order valence-corrected chi connectivity index (χ3v) is 5.15. The Hall–Kier alpha value is -2.95. The standard InChI is InChI=1S/C23H27N7O.HI/c1-2-24-23(26-16-21-28-27-17-30(21)19-7-4-3-5-8-19)25-15-18-10-12-20(13-11-18)29-14-6-9-22(29)31;/h3-5,7-8,10-13,17H,2,6,9,14-16H2,1H3,(H2,24,25,26);1H. The minimum Gasteiger partial charge on any atom is -0.357 e. The predicted molar refractivity (Wildman–Crippen MR) is 136 cm³/mol. The van der Waals surface area contributed by atoms with Crippen LogP contribution in [0, 0.1) is 0 Å². The number of carbonyl (C=O) groups excluding carboxylic acids is 1. The van der Waals surface area contributed by atoms with E-state index in [1.807, 2.05) is 71.0 Å². The smallest absolute Gasteiger partial charge is 0.227 e. The highest BCUT2D eigenvalue weighted by Crippen LogP contribution is 2.21. The Morgan fingerprint density at radius 1 is 1.06 bits per heavy atom. The molecular weight excluding hydrogens is 517 g/mol. The Labute approximate surface area is 205 Å². The molecule has 1 aromatic heterocycles. The van der Waals surface area contributed by atoms with E-state index in [-0.39, 0.29) is 29.9 Å². The molecule has 2 heterocycles. The molecule has 168 valence electrons. The van der Waals surface area contributed by atoms with Gasteiger partial charge in [0.1, 0.15) is 6.33 Å². The lowest BCUT2D eigenvalue weighted by Gasteiger charge is -2.16. The van der Waals surface area contributed by atoms with E-state index in [2.05, 4.69) is 25.8 Å². The number of hydrogen-bond donors (Lipinski definition) is 2. The number of guanidine groups is 1. The molecule has 0 atom stereocenters. The highest BCUT2D eigenvalue weighted by molar-refractivity contribution is 14.0. The van der Waals surface area contributed by atoms with Gasteiger partial charge in [-0.15, -0.1) is 34.2 Å². The zero-order valence-corrected chi connectivity index (χ0v) is 20.4. The maximum atomic E-state index is 11.9. The zero-order valence-electron chi connectivity index (χ0n) is 18.1. The molecule has 0 unspecified atom stereocenters. The van der Waals surface area contributed by atoms with Gasteiger partial charge in [-0.1, -0.05) is 30.3 Å². The van der Waals surface area contributed by atoms with Crippen molar-refractivity contribution in [2.24, 2.45) is 4.99 Å². The Morgan fingerprint density at radius 3 is 2.53 bits per heavy atom. The molecule has 0 radical (unpaired) electrons. The van der Waals surface area contributed by atoms with Crippen molar-refractivity contribution in [1.82, 2.24) is 25.4 Å². The van der Waals surface area contributed by atoms with Crippen molar-refractivity contribution < 1.29 is 4.79 Å². The number of nitrogens with one attached hydrogen (secondary N) is 2. The SMILES string of the molecule is CCNC(=NCc1ccc(N2CCCC2=O)cc1)NCc1nncn1-c1ccccc1.I. The van der Waals surface area contributed by atoms with E-state index in [1.54, 1.807) is 6.33 Å². The fourth-order valence-electron chi connectivity index (χ4n) is 3.56. The summed E-state index contributed by atoms with van der Waals surface area (Å²) >= 11 is 0. The summed E-state index contributed by atoms with van der Waals surface area (Å²) in [7, 11) is 0. The number of amides is 1. The maximum Gasteiger partial charge on any atom is 0.227 e. The molecule has 1 fully saturated rings. The number of hydrogen-bond acceptors (Lipinski definition) is 4. The van der Waals surface area contributed by atoms with Gasteiger partial charge in [-0.05, 0) is 43.2 Å². The van der Waals surface area contributed by atoms with Crippen molar-refractivity contribution in [3.05, 3.63) is 72.3 Å². The van der Waals surface area contributed by atoms with Crippen LogP contribution < -0.4 is 15.5 Å². The largest absolute Gasteiger partial charge is 0.357 e. The average Bonchev–Trinajstić information content (AvgIpc) is 3.45. The Balaban J connectivity index is 0.00000289. The molecule has 3 aromatic rings. The molecule has 0 spiro atoms. The lowest BCUT2D eigenvalue weighted by Crippen LogP contribution is -2.37. The molecule has 1 aliphatic heterocycles. The molecule has 1 saturated heterocycles. The van der Waals surface area contributed by atoms with Crippen LogP contribution in [-0.2, 0) is 17.9 Å². The third kappa shape index (κ3) is 5.84. The van der Waals surface area contributed by atoms with E-state index in [1.165, 1.54) is 0 Å². The van der Waals surface area contributed by atoms with Crippen LogP contribution in [0.1, 0.15) is 31.2 Å². The quantitative estimate of drug-likeness (QED) is 0.271. The number of rotatable bonds is 7. The van der Waals surface area contributed by atoms with E-state index in [0.717, 1.165) is 42.3 Å². The first kappa shape index (κ1) is 23.7. The van der Waals surface area contributed by atoms with Crippen molar-refractivity contribution in [3.8, 4) is 5.69 Å². The summed E-state index contributed by atoms with van der Waals surface area (Å²) in [6.45, 7) is 4.63. The van der Waals surface area contributed by atoms with Crippen LogP contribution in [0.5, 0.6) is 0 Å². The number of aliphatic imine (C=N–C) groups is 1. The minimum atomic E-state index is 0. The molecule has 1 amide bonds. The topological polar surface area (TPSA) is 87.4 Å². The Morgan fingerprint density at radius 2 is 1.84 bits per heavy atom. The molecule has 2 N–H and O–H groups in total. The molecule has 9 heteroatoms. The van der Waals surface area contributed by atoms with E-state index < -0.39 is 0 Å². The molecular formula is C23H28IN7O. The van der Waals surface area contributed by atoms with Crippen molar-refractivity contribution in [2.75, 3.05) is 18.0 Å². The van der Waals surface area contributed by atoms with Crippen LogP contribution in [0.15, 0.2) is 65.9 Å². The number of nitrogens with zero attached hydrogens (tertiary/aromatic N) is 5. The number of halogens is 1. The van der Waals surface area contributed by atoms with E-state index in [0.29, 0.717) is 25.5 Å². The van der Waals surface area contributed by atoms with E-state index >= 15 is 0 Å². The summed E-state index contributed by atoms with van der Waals surface area (Å²) in [6, 6.07) is 18.0. The monoisotopic (exact) mass is 545 g/mol. The summed E-state index contributed by atoms with van der Waals surface area (Å²) < 4.78 is 1.95. The van der Waals surface area contributed by atoms with Crippen LogP contribution >= 0.6 is 24.0 Å². The molecule has 0 aliphatic carbocycles. The van der Waals surface area contributed by atoms with Crippen LogP contribution in [-0.4, -0.2) is 39.7 Å². The van der Waals surface area contributed by atoms with E-state index in [4.69, 9.17) is 0 Å². The second-order valence-corrected chi connectivity index (χ2v) is 7.32. The summed E-state index contributed by atoms with van der Waals surface area (Å²) in [5.74, 6) is 1.72. The molecule has 8 nitrogen and oxygen atoms in total. The van der Waals surface area contributed by atoms with Gasteiger partial charge in [0.05, 0.1) is 13.1 Å². The van der Waals surface area contributed by atoms with Crippen LogP contribution in [0.25, 0.3) is 5.69 Å². The van der Waals surface area contributed by atoms with Gasteiger partial charge in [0.15, 0.2) is 11.8 Å². The van der Waals surface area contributed by atoms with Gasteiger partial charge in [0.25, 0.3) is 0 Å². The predicted octanol–water partition coefficient (Wildman–Crippen LogP) is 3.27. The molecule has 32 heavy (non-hydrogen) atoms. The number of aromatic nitrogens is 3. The summed E-state index contributed by atoms with van der Waals surface area (Å²) in [4.78, 5) is 18.4. The second kappa shape index (κ2) is 11.6. The van der Waals surface area contributed by atoms with Gasteiger partial charge in [0, 0.05) is 30.9 Å². The first-order chi connectivity index (χ1) is 15.2. The highest BCUT2D eigenvalue weighted by Gasteiger charge is 2.21. The molecule has 0 bridgehead atoms. The Bertz CT molecular complexity index is 1030. The number of carbonyl (C=O) groups is 1. The van der Waals surface area contributed by atoms with Crippen molar-refractivity contribution in [2.45, 2.75) is 32.9 Å². The average molecular weight is 545 g/mol. The highest BCUT2D eigenvalue weighted by atomic mass is 127. The van der Waals surface area contributed by atoms with Crippen molar-refractivity contribution >= 4 is 41.5 Å². The minimum absolute atomic E-state index is 0. The molecule has 2 aromatic carbocycles. The fourth-order valence-corrected chi connectivity index (χ4v) is 3.56. The molecule has 4 rings (SSSR count). The van der Waals surface area contributed by atoms with Gasteiger partial charge in [-0.2, -0.15) is 0 Å². The van der Waals surface area contributed by atoms with Gasteiger partial charge < -0.3 is 15.5 Å². The fraction of sp³-hybridized carbons (Fsp3) is 0.304. The second-order valence-electron chi connectivity index (χ2n) is 7.32.